The van der Waals surface area contributed by atoms with E-state index in [4.69, 9.17) is 4.74 Å². The van der Waals surface area contributed by atoms with Crippen molar-refractivity contribution >= 4 is 17.1 Å². The molecule has 158 valence electrons. The van der Waals surface area contributed by atoms with E-state index in [0.29, 0.717) is 5.57 Å². The van der Waals surface area contributed by atoms with Crippen LogP contribution in [0.3, 0.4) is 0 Å². The Kier molecular flexibility index (Phi) is 5.82. The van der Waals surface area contributed by atoms with Crippen LogP contribution in [0.25, 0.3) is 11.1 Å². The fraction of sp³-hybridized carbons (Fsp3) is 0.276. The van der Waals surface area contributed by atoms with Gasteiger partial charge in [0.05, 0.1) is 12.7 Å². The predicted molar refractivity (Wildman–Crippen MR) is 128 cm³/mol. The summed E-state index contributed by atoms with van der Waals surface area (Å²) in [6.45, 7) is 6.70. The first-order valence-corrected chi connectivity index (χ1v) is 10.9. The lowest BCUT2D eigenvalue weighted by atomic mass is 9.81. The van der Waals surface area contributed by atoms with Crippen LogP contribution in [-0.2, 0) is 14.9 Å². The molecule has 2 aromatic rings. The van der Waals surface area contributed by atoms with Crippen LogP contribution in [0, 0.1) is 5.92 Å². The normalized spacial score (nSPS) is 19.8. The van der Waals surface area contributed by atoms with Crippen molar-refractivity contribution in [3.63, 3.8) is 0 Å². The summed E-state index contributed by atoms with van der Waals surface area (Å²) in [4.78, 5) is 12.9. The lowest BCUT2D eigenvalue weighted by molar-refractivity contribution is -0.133. The van der Waals surface area contributed by atoms with Gasteiger partial charge in [-0.05, 0) is 46.1 Å². The number of methoxy groups -OCH3 is 1. The van der Waals surface area contributed by atoms with Crippen molar-refractivity contribution in [3.8, 4) is 0 Å². The van der Waals surface area contributed by atoms with Gasteiger partial charge in [-0.15, -0.1) is 0 Å². The Balaban J connectivity index is 1.86. The maximum Gasteiger partial charge on any atom is 0.338 e. The van der Waals surface area contributed by atoms with E-state index in [1.54, 1.807) is 0 Å². The van der Waals surface area contributed by atoms with Gasteiger partial charge in [0.25, 0.3) is 0 Å². The highest BCUT2D eigenvalue weighted by atomic mass is 16.5. The average Bonchev–Trinajstić information content (AvgIpc) is 3.05. The van der Waals surface area contributed by atoms with E-state index in [1.807, 2.05) is 30.3 Å². The minimum Gasteiger partial charge on any atom is -0.465 e. The molecule has 1 atom stereocenters. The minimum absolute atomic E-state index is 0.0878. The molecule has 31 heavy (non-hydrogen) atoms. The lowest BCUT2D eigenvalue weighted by Gasteiger charge is -2.23. The molecular formula is C29H30O2. The Labute approximate surface area is 185 Å². The third-order valence-corrected chi connectivity index (χ3v) is 6.27. The van der Waals surface area contributed by atoms with Crippen molar-refractivity contribution in [1.82, 2.24) is 0 Å². The molecule has 0 aliphatic heterocycles. The number of hydrogen-bond donors (Lipinski definition) is 0. The van der Waals surface area contributed by atoms with Gasteiger partial charge in [0.2, 0.25) is 0 Å². The van der Waals surface area contributed by atoms with E-state index in [9.17, 15) is 4.79 Å². The quantitative estimate of drug-likeness (QED) is 0.406. The highest BCUT2D eigenvalue weighted by molar-refractivity contribution is 6.18. The van der Waals surface area contributed by atoms with Crippen molar-refractivity contribution in [2.45, 2.75) is 39.0 Å². The number of benzene rings is 2. The number of carbonyl (C=O) groups is 1. The summed E-state index contributed by atoms with van der Waals surface area (Å²) in [5.74, 6) is -0.174. The third kappa shape index (κ3) is 4.20. The van der Waals surface area contributed by atoms with E-state index < -0.39 is 0 Å². The number of fused-ring (bicyclic) bond motifs is 1. The van der Waals surface area contributed by atoms with Gasteiger partial charge >= 0.3 is 5.97 Å². The average molecular weight is 411 g/mol. The van der Waals surface area contributed by atoms with Crippen molar-refractivity contribution in [2.75, 3.05) is 7.11 Å². The van der Waals surface area contributed by atoms with Crippen LogP contribution in [-0.4, -0.2) is 13.1 Å². The Morgan fingerprint density at radius 2 is 1.58 bits per heavy atom. The molecule has 1 fully saturated rings. The summed E-state index contributed by atoms with van der Waals surface area (Å²) in [5, 5.41) is 0. The van der Waals surface area contributed by atoms with Crippen LogP contribution in [0.5, 0.6) is 0 Å². The Morgan fingerprint density at radius 1 is 0.903 bits per heavy atom. The van der Waals surface area contributed by atoms with Crippen molar-refractivity contribution in [2.24, 2.45) is 5.92 Å². The second-order valence-corrected chi connectivity index (χ2v) is 9.27. The molecular weight excluding hydrogens is 380 g/mol. The van der Waals surface area contributed by atoms with E-state index in [2.05, 4.69) is 69.3 Å². The highest BCUT2D eigenvalue weighted by Gasteiger charge is 2.34. The van der Waals surface area contributed by atoms with Gasteiger partial charge in [0, 0.05) is 5.92 Å². The Bertz CT molecular complexity index is 1090. The van der Waals surface area contributed by atoms with Crippen molar-refractivity contribution < 1.29 is 9.53 Å². The van der Waals surface area contributed by atoms with Crippen LogP contribution in [0.4, 0.5) is 0 Å². The van der Waals surface area contributed by atoms with Gasteiger partial charge in [0.1, 0.15) is 0 Å². The minimum atomic E-state index is -0.262. The molecule has 1 saturated carbocycles. The van der Waals surface area contributed by atoms with Crippen molar-refractivity contribution in [1.29, 1.82) is 0 Å². The maximum atomic E-state index is 12.9. The molecule has 0 amide bonds. The first-order valence-electron chi connectivity index (χ1n) is 10.9. The highest BCUT2D eigenvalue weighted by Crippen LogP contribution is 2.48. The second-order valence-electron chi connectivity index (χ2n) is 9.27. The van der Waals surface area contributed by atoms with E-state index >= 15 is 0 Å². The van der Waals surface area contributed by atoms with Crippen molar-refractivity contribution in [3.05, 3.63) is 107 Å². The number of carbonyl (C=O) groups excluding carboxylic acids is 1. The zero-order chi connectivity index (χ0) is 22.0. The summed E-state index contributed by atoms with van der Waals surface area (Å²) in [5.41, 5.74) is 8.01. The second kappa shape index (κ2) is 8.55. The SMILES string of the molecule is COC(=O)C(=C1CCC2=CC=CC=C(c3ccc(C(C)(C)C)cc3)C21)c1ccccc1. The van der Waals surface area contributed by atoms with Gasteiger partial charge in [-0.2, -0.15) is 0 Å². The summed E-state index contributed by atoms with van der Waals surface area (Å²) in [6.07, 6.45) is 10.4. The summed E-state index contributed by atoms with van der Waals surface area (Å²) in [7, 11) is 1.47. The number of esters is 1. The largest absolute Gasteiger partial charge is 0.465 e. The van der Waals surface area contributed by atoms with Gasteiger partial charge in [-0.3, -0.25) is 0 Å². The third-order valence-electron chi connectivity index (χ3n) is 6.27. The topological polar surface area (TPSA) is 26.3 Å². The molecule has 0 N–H and O–H groups in total. The number of ether oxygens (including phenoxy) is 1. The number of hydrogen-bond acceptors (Lipinski definition) is 2. The van der Waals surface area contributed by atoms with E-state index in [0.717, 1.165) is 24.0 Å². The number of allylic oxidation sites excluding steroid dienone is 7. The molecule has 4 rings (SSSR count). The molecule has 1 unspecified atom stereocenters. The van der Waals surface area contributed by atoms with Crippen LogP contribution < -0.4 is 0 Å². The van der Waals surface area contributed by atoms with Gasteiger partial charge in [-0.1, -0.05) is 105 Å². The zero-order valence-corrected chi connectivity index (χ0v) is 18.8. The van der Waals surface area contributed by atoms with Gasteiger partial charge in [0.15, 0.2) is 0 Å². The standard InChI is InChI=1S/C29H30O2/c1-29(2,3)23-17-14-20(15-18-23)24-13-9-8-12-22-16-19-25(26(22)24)27(28(30)31-4)21-10-6-5-7-11-21/h5-15,17-18,26H,16,19H2,1-4H3. The lowest BCUT2D eigenvalue weighted by Crippen LogP contribution is -2.13. The molecule has 0 bridgehead atoms. The summed E-state index contributed by atoms with van der Waals surface area (Å²) >= 11 is 0. The summed E-state index contributed by atoms with van der Waals surface area (Å²) < 4.78 is 5.23. The fourth-order valence-electron chi connectivity index (χ4n) is 4.63. The van der Waals surface area contributed by atoms with Crippen LogP contribution in [0.1, 0.15) is 50.3 Å². The Morgan fingerprint density at radius 3 is 2.23 bits per heavy atom. The molecule has 0 heterocycles. The van der Waals surface area contributed by atoms with Crippen LogP contribution in [0.15, 0.2) is 90.0 Å². The van der Waals surface area contributed by atoms with Crippen LogP contribution in [0.2, 0.25) is 0 Å². The molecule has 0 saturated heterocycles. The zero-order valence-electron chi connectivity index (χ0n) is 18.8. The first kappa shape index (κ1) is 21.1. The van der Waals surface area contributed by atoms with Gasteiger partial charge in [-0.25, -0.2) is 4.79 Å². The van der Waals surface area contributed by atoms with E-state index in [1.165, 1.54) is 29.4 Å². The Hall–Kier alpha value is -3.13. The molecule has 0 radical (unpaired) electrons. The molecule has 2 heteroatoms. The molecule has 0 aromatic heterocycles. The molecule has 2 aliphatic carbocycles. The number of rotatable bonds is 3. The van der Waals surface area contributed by atoms with E-state index in [-0.39, 0.29) is 17.3 Å². The fourth-order valence-corrected chi connectivity index (χ4v) is 4.63. The van der Waals surface area contributed by atoms with Crippen LogP contribution >= 0.6 is 0 Å². The first-order chi connectivity index (χ1) is 14.9. The smallest absolute Gasteiger partial charge is 0.338 e. The maximum absolute atomic E-state index is 12.9. The molecule has 2 aliphatic rings. The monoisotopic (exact) mass is 410 g/mol. The van der Waals surface area contributed by atoms with Gasteiger partial charge < -0.3 is 4.74 Å². The molecule has 2 nitrogen and oxygen atoms in total. The molecule has 0 spiro atoms. The predicted octanol–water partition coefficient (Wildman–Crippen LogP) is 6.90. The molecule has 2 aromatic carbocycles. The summed E-state index contributed by atoms with van der Waals surface area (Å²) in [6, 6.07) is 18.8.